The predicted molar refractivity (Wildman–Crippen MR) is 119 cm³/mol. The van der Waals surface area contributed by atoms with Crippen molar-refractivity contribution in [1.29, 1.82) is 0 Å². The van der Waals surface area contributed by atoms with E-state index in [0.29, 0.717) is 16.9 Å². The van der Waals surface area contributed by atoms with Crippen LogP contribution in [0.25, 0.3) is 0 Å². The average Bonchev–Trinajstić information content (AvgIpc) is 2.77. The van der Waals surface area contributed by atoms with E-state index >= 15 is 0 Å². The van der Waals surface area contributed by atoms with Crippen LogP contribution >= 0.6 is 0 Å². The summed E-state index contributed by atoms with van der Waals surface area (Å²) in [7, 11) is -2.62. The maximum atomic E-state index is 13.2. The standard InChI is InChI=1S/C24H24FNO5S/c1-17(2)26(24(27)22-9-4-5-10-23(22)30-3)16-18-7-6-8-20(15-18)31-32(28,29)21-13-11-19(25)12-14-21/h4-15,17H,16H2,1-3H3. The van der Waals surface area contributed by atoms with Crippen LogP contribution in [0.1, 0.15) is 29.8 Å². The van der Waals surface area contributed by atoms with Crippen LogP contribution in [0.15, 0.2) is 77.7 Å². The molecule has 0 bridgehead atoms. The van der Waals surface area contributed by atoms with E-state index in [1.54, 1.807) is 47.4 Å². The summed E-state index contributed by atoms with van der Waals surface area (Å²) in [6.45, 7) is 4.03. The van der Waals surface area contributed by atoms with Crippen LogP contribution in [-0.4, -0.2) is 32.4 Å². The molecule has 3 aromatic carbocycles. The molecule has 32 heavy (non-hydrogen) atoms. The zero-order chi connectivity index (χ0) is 23.3. The third kappa shape index (κ3) is 5.45. The number of methoxy groups -OCH3 is 1. The number of amides is 1. The highest BCUT2D eigenvalue weighted by Gasteiger charge is 2.23. The molecule has 0 unspecified atom stereocenters. The number of carbonyl (C=O) groups is 1. The summed E-state index contributed by atoms with van der Waals surface area (Å²) < 4.78 is 48.6. The van der Waals surface area contributed by atoms with E-state index < -0.39 is 15.9 Å². The quantitative estimate of drug-likeness (QED) is 0.460. The lowest BCUT2D eigenvalue weighted by molar-refractivity contribution is 0.0686. The second-order valence-corrected chi connectivity index (χ2v) is 8.91. The Morgan fingerprint density at radius 2 is 1.69 bits per heavy atom. The molecule has 0 aliphatic heterocycles. The molecule has 8 heteroatoms. The zero-order valence-electron chi connectivity index (χ0n) is 18.0. The molecule has 3 aromatic rings. The highest BCUT2D eigenvalue weighted by atomic mass is 32.2. The molecule has 0 aliphatic rings. The van der Waals surface area contributed by atoms with Crippen molar-refractivity contribution in [2.24, 2.45) is 0 Å². The molecule has 0 saturated heterocycles. The van der Waals surface area contributed by atoms with Crippen LogP contribution in [-0.2, 0) is 16.7 Å². The number of benzene rings is 3. The fourth-order valence-electron chi connectivity index (χ4n) is 3.13. The van der Waals surface area contributed by atoms with Crippen molar-refractivity contribution >= 4 is 16.0 Å². The van der Waals surface area contributed by atoms with Gasteiger partial charge in [-0.25, -0.2) is 4.39 Å². The Bertz CT molecular complexity index is 1190. The van der Waals surface area contributed by atoms with Gasteiger partial charge in [-0.15, -0.1) is 0 Å². The molecular formula is C24H24FNO5S. The predicted octanol–water partition coefficient (Wildman–Crippen LogP) is 4.65. The molecule has 0 aliphatic carbocycles. The molecule has 0 saturated carbocycles. The van der Waals surface area contributed by atoms with Crippen LogP contribution in [0.4, 0.5) is 4.39 Å². The maximum Gasteiger partial charge on any atom is 0.339 e. The molecule has 168 valence electrons. The van der Waals surface area contributed by atoms with Crippen molar-refractivity contribution in [3.63, 3.8) is 0 Å². The van der Waals surface area contributed by atoms with Gasteiger partial charge in [0.2, 0.25) is 0 Å². The van der Waals surface area contributed by atoms with Crippen LogP contribution in [0.3, 0.4) is 0 Å². The summed E-state index contributed by atoms with van der Waals surface area (Å²) in [5, 5.41) is 0. The Hall–Kier alpha value is -3.39. The fourth-order valence-corrected chi connectivity index (χ4v) is 4.06. The lowest BCUT2D eigenvalue weighted by Crippen LogP contribution is -2.36. The summed E-state index contributed by atoms with van der Waals surface area (Å²) >= 11 is 0. The SMILES string of the molecule is COc1ccccc1C(=O)N(Cc1cccc(OS(=O)(=O)c2ccc(F)cc2)c1)C(C)C. The number of carbonyl (C=O) groups excluding carboxylic acids is 1. The number of nitrogens with zero attached hydrogens (tertiary/aromatic N) is 1. The van der Waals surface area contributed by atoms with Gasteiger partial charge in [0.15, 0.2) is 0 Å². The molecule has 0 heterocycles. The smallest absolute Gasteiger partial charge is 0.339 e. The van der Waals surface area contributed by atoms with Crippen molar-refractivity contribution in [1.82, 2.24) is 4.90 Å². The molecule has 6 nitrogen and oxygen atoms in total. The summed E-state index contributed by atoms with van der Waals surface area (Å²) in [5.41, 5.74) is 1.13. The second-order valence-electron chi connectivity index (χ2n) is 7.37. The van der Waals surface area contributed by atoms with Gasteiger partial charge in [0.05, 0.1) is 12.7 Å². The number of hydrogen-bond donors (Lipinski definition) is 0. The van der Waals surface area contributed by atoms with Gasteiger partial charge in [-0.2, -0.15) is 8.42 Å². The van der Waals surface area contributed by atoms with E-state index in [9.17, 15) is 17.6 Å². The third-order valence-corrected chi connectivity index (χ3v) is 6.04. The summed E-state index contributed by atoms with van der Waals surface area (Å²) in [4.78, 5) is 14.7. The molecule has 1 amide bonds. The van der Waals surface area contributed by atoms with E-state index in [1.807, 2.05) is 13.8 Å². The Morgan fingerprint density at radius 3 is 2.34 bits per heavy atom. The van der Waals surface area contributed by atoms with Gasteiger partial charge >= 0.3 is 10.1 Å². The minimum atomic E-state index is -4.12. The number of ether oxygens (including phenoxy) is 1. The molecule has 0 N–H and O–H groups in total. The Balaban J connectivity index is 1.83. The highest BCUT2D eigenvalue weighted by molar-refractivity contribution is 7.87. The summed E-state index contributed by atoms with van der Waals surface area (Å²) in [6.07, 6.45) is 0. The van der Waals surface area contributed by atoms with Gasteiger partial charge in [-0.3, -0.25) is 4.79 Å². The fraction of sp³-hybridized carbons (Fsp3) is 0.208. The van der Waals surface area contributed by atoms with Crippen molar-refractivity contribution in [2.75, 3.05) is 7.11 Å². The molecule has 0 radical (unpaired) electrons. The summed E-state index contributed by atoms with van der Waals surface area (Å²) in [6, 6.07) is 17.7. The third-order valence-electron chi connectivity index (χ3n) is 4.78. The lowest BCUT2D eigenvalue weighted by Gasteiger charge is -2.27. The van der Waals surface area contributed by atoms with E-state index in [-0.39, 0.29) is 29.1 Å². The first kappa shape index (κ1) is 23.3. The molecular weight excluding hydrogens is 433 g/mol. The summed E-state index contributed by atoms with van der Waals surface area (Å²) in [5.74, 6) is -0.173. The van der Waals surface area contributed by atoms with Crippen molar-refractivity contribution < 1.29 is 26.5 Å². The number of rotatable bonds is 8. The molecule has 0 spiro atoms. The van der Waals surface area contributed by atoms with Gasteiger partial charge in [0.1, 0.15) is 22.2 Å². The van der Waals surface area contributed by atoms with E-state index in [2.05, 4.69) is 0 Å². The van der Waals surface area contributed by atoms with Crippen LogP contribution in [0, 0.1) is 5.82 Å². The Morgan fingerprint density at radius 1 is 1.00 bits per heavy atom. The number of halogens is 1. The Labute approximate surface area is 187 Å². The molecule has 3 rings (SSSR count). The van der Waals surface area contributed by atoms with Crippen molar-refractivity contribution in [3.8, 4) is 11.5 Å². The first-order chi connectivity index (χ1) is 15.2. The minimum Gasteiger partial charge on any atom is -0.496 e. The van der Waals surface area contributed by atoms with Crippen molar-refractivity contribution in [3.05, 3.63) is 89.7 Å². The van der Waals surface area contributed by atoms with Crippen LogP contribution in [0.2, 0.25) is 0 Å². The molecule has 0 atom stereocenters. The monoisotopic (exact) mass is 457 g/mol. The van der Waals surface area contributed by atoms with Crippen molar-refractivity contribution in [2.45, 2.75) is 31.3 Å². The van der Waals surface area contributed by atoms with Gasteiger partial charge in [-0.05, 0) is 67.9 Å². The topological polar surface area (TPSA) is 72.9 Å². The first-order valence-electron chi connectivity index (χ1n) is 9.94. The van der Waals surface area contributed by atoms with E-state index in [0.717, 1.165) is 24.3 Å². The first-order valence-corrected chi connectivity index (χ1v) is 11.3. The van der Waals surface area contributed by atoms with E-state index in [4.69, 9.17) is 8.92 Å². The number of hydrogen-bond acceptors (Lipinski definition) is 5. The number of para-hydroxylation sites is 1. The van der Waals surface area contributed by atoms with Gasteiger partial charge in [0, 0.05) is 12.6 Å². The normalized spacial score (nSPS) is 11.3. The van der Waals surface area contributed by atoms with Gasteiger partial charge < -0.3 is 13.8 Å². The molecule has 0 aromatic heterocycles. The van der Waals surface area contributed by atoms with Gasteiger partial charge in [0.25, 0.3) is 5.91 Å². The lowest BCUT2D eigenvalue weighted by atomic mass is 10.1. The Kier molecular flexibility index (Phi) is 7.15. The van der Waals surface area contributed by atoms with E-state index in [1.165, 1.54) is 13.2 Å². The maximum absolute atomic E-state index is 13.2. The second kappa shape index (κ2) is 9.82. The minimum absolute atomic E-state index is 0.0975. The van der Waals surface area contributed by atoms with Crippen LogP contribution < -0.4 is 8.92 Å². The molecule has 0 fully saturated rings. The highest BCUT2D eigenvalue weighted by Crippen LogP contribution is 2.24. The zero-order valence-corrected chi connectivity index (χ0v) is 18.8. The average molecular weight is 458 g/mol. The largest absolute Gasteiger partial charge is 0.496 e. The van der Waals surface area contributed by atoms with Crippen LogP contribution in [0.5, 0.6) is 11.5 Å². The van der Waals surface area contributed by atoms with Gasteiger partial charge in [-0.1, -0.05) is 24.3 Å².